The van der Waals surface area contributed by atoms with Crippen LogP contribution in [0.1, 0.15) is 5.56 Å². The lowest BCUT2D eigenvalue weighted by Gasteiger charge is -2.17. The summed E-state index contributed by atoms with van der Waals surface area (Å²) in [6.45, 7) is 3.32. The van der Waals surface area contributed by atoms with Gasteiger partial charge in [-0.05, 0) is 18.6 Å². The minimum absolute atomic E-state index is 0.475. The Labute approximate surface area is 107 Å². The van der Waals surface area contributed by atoms with E-state index in [-0.39, 0.29) is 0 Å². The lowest BCUT2D eigenvalue weighted by atomic mass is 10.3. The van der Waals surface area contributed by atoms with Crippen molar-refractivity contribution >= 4 is 11.8 Å². The summed E-state index contributed by atoms with van der Waals surface area (Å²) < 4.78 is 0. The van der Waals surface area contributed by atoms with Crippen molar-refractivity contribution in [3.05, 3.63) is 23.9 Å². The molecule has 0 spiro atoms. The molecule has 0 amide bonds. The van der Waals surface area contributed by atoms with Crippen LogP contribution in [0, 0.1) is 18.4 Å². The summed E-state index contributed by atoms with van der Waals surface area (Å²) in [6.07, 6.45) is 3.66. The first-order chi connectivity index (χ1) is 8.67. The number of nitrogens with one attached hydrogen (secondary N) is 2. The number of aliphatic imine (C=N–C) groups is 1. The third kappa shape index (κ3) is 4.29. The largest absolute Gasteiger partial charge is 0.359 e. The fourth-order valence-corrected chi connectivity index (χ4v) is 1.35. The molecule has 0 fully saturated rings. The van der Waals surface area contributed by atoms with Crippen molar-refractivity contribution < 1.29 is 0 Å². The van der Waals surface area contributed by atoms with Gasteiger partial charge in [-0.15, -0.1) is 0 Å². The molecule has 96 valence electrons. The summed E-state index contributed by atoms with van der Waals surface area (Å²) in [4.78, 5) is 10.6. The van der Waals surface area contributed by atoms with Gasteiger partial charge in [-0.3, -0.25) is 10.3 Å². The number of hydrogen-bond donors (Lipinski definition) is 2. The fourth-order valence-electron chi connectivity index (χ4n) is 1.35. The zero-order valence-electron chi connectivity index (χ0n) is 10.9. The summed E-state index contributed by atoms with van der Waals surface area (Å²) in [5, 5.41) is 13.7. The number of anilines is 1. The van der Waals surface area contributed by atoms with Crippen molar-refractivity contribution in [1.82, 2.24) is 15.6 Å². The highest BCUT2D eigenvalue weighted by Crippen LogP contribution is 2.08. The predicted octanol–water partition coefficient (Wildman–Crippen LogP) is 0.472. The molecule has 0 unspecified atom stereocenters. The van der Waals surface area contributed by atoms with Crippen LogP contribution in [-0.2, 0) is 0 Å². The molecule has 1 aromatic heterocycles. The van der Waals surface area contributed by atoms with E-state index in [1.807, 2.05) is 43.4 Å². The summed E-state index contributed by atoms with van der Waals surface area (Å²) >= 11 is 0. The van der Waals surface area contributed by atoms with Crippen molar-refractivity contribution in [2.24, 2.45) is 4.99 Å². The van der Waals surface area contributed by atoms with Gasteiger partial charge in [0.25, 0.3) is 0 Å². The Morgan fingerprint density at radius 2 is 2.33 bits per heavy atom. The third-order valence-corrected chi connectivity index (χ3v) is 2.40. The smallest absolute Gasteiger partial charge is 0.204 e. The maximum atomic E-state index is 8.48. The Bertz CT molecular complexity index is 431. The molecule has 1 heterocycles. The first-order valence-electron chi connectivity index (χ1n) is 5.68. The number of aromatic nitrogens is 1. The normalized spacial score (nSPS) is 10.7. The molecule has 6 nitrogen and oxygen atoms in total. The average Bonchev–Trinajstić information content (AvgIpc) is 2.38. The van der Waals surface area contributed by atoms with E-state index in [0.717, 1.165) is 17.9 Å². The number of likely N-dealkylation sites (N-methyl/N-ethyl adjacent to an activating group) is 1. The van der Waals surface area contributed by atoms with E-state index in [2.05, 4.69) is 20.6 Å². The quantitative estimate of drug-likeness (QED) is 0.349. The van der Waals surface area contributed by atoms with Crippen molar-refractivity contribution in [1.29, 1.82) is 5.26 Å². The van der Waals surface area contributed by atoms with Gasteiger partial charge in [0.05, 0.1) is 6.54 Å². The van der Waals surface area contributed by atoms with Gasteiger partial charge in [0, 0.05) is 26.8 Å². The minimum atomic E-state index is 0.475. The van der Waals surface area contributed by atoms with Crippen molar-refractivity contribution in [2.75, 3.05) is 32.1 Å². The Morgan fingerprint density at radius 3 is 2.89 bits per heavy atom. The van der Waals surface area contributed by atoms with Gasteiger partial charge < -0.3 is 10.2 Å². The molecule has 0 aliphatic heterocycles. The lowest BCUT2D eigenvalue weighted by Crippen LogP contribution is -2.32. The number of rotatable bonds is 4. The molecule has 0 saturated carbocycles. The molecule has 2 N–H and O–H groups in total. The van der Waals surface area contributed by atoms with E-state index >= 15 is 0 Å². The Balaban J connectivity index is 2.48. The van der Waals surface area contributed by atoms with Crippen molar-refractivity contribution in [3.63, 3.8) is 0 Å². The summed E-state index contributed by atoms with van der Waals surface area (Å²) in [7, 11) is 3.68. The first kappa shape index (κ1) is 13.8. The summed E-state index contributed by atoms with van der Waals surface area (Å²) in [6, 6.07) is 4.00. The molecular weight excluding hydrogens is 228 g/mol. The van der Waals surface area contributed by atoms with Crippen LogP contribution in [0.4, 0.5) is 5.82 Å². The summed E-state index contributed by atoms with van der Waals surface area (Å²) in [5.41, 5.74) is 1.14. The number of pyridine rings is 1. The Hall–Kier alpha value is -2.29. The highest BCUT2D eigenvalue weighted by atomic mass is 15.2. The van der Waals surface area contributed by atoms with Gasteiger partial charge in [-0.2, -0.15) is 5.26 Å². The fraction of sp³-hybridized carbons (Fsp3) is 0.417. The predicted molar refractivity (Wildman–Crippen MR) is 72.4 cm³/mol. The Kier molecular flexibility index (Phi) is 5.45. The number of guanidine groups is 1. The zero-order valence-corrected chi connectivity index (χ0v) is 10.9. The van der Waals surface area contributed by atoms with Crippen molar-refractivity contribution in [2.45, 2.75) is 6.92 Å². The molecule has 6 heteroatoms. The van der Waals surface area contributed by atoms with E-state index in [1.54, 1.807) is 7.05 Å². The van der Waals surface area contributed by atoms with Crippen LogP contribution in [0.25, 0.3) is 0 Å². The second-order valence-corrected chi connectivity index (χ2v) is 3.83. The molecule has 1 aromatic rings. The van der Waals surface area contributed by atoms with Crippen LogP contribution in [0.15, 0.2) is 23.3 Å². The van der Waals surface area contributed by atoms with Gasteiger partial charge in [0.1, 0.15) is 5.82 Å². The van der Waals surface area contributed by atoms with E-state index < -0.39 is 0 Å². The standard InChI is InChI=1S/C12H18N6/c1-10-4-5-11(16-8-10)18(3)7-6-15-12(14-2)17-9-13/h4-5,8H,6-7H2,1-3H3,(H2,14,15,17). The van der Waals surface area contributed by atoms with Gasteiger partial charge in [-0.1, -0.05) is 6.07 Å². The third-order valence-electron chi connectivity index (χ3n) is 2.40. The van der Waals surface area contributed by atoms with Crippen LogP contribution in [-0.4, -0.2) is 38.1 Å². The van der Waals surface area contributed by atoms with E-state index in [0.29, 0.717) is 12.5 Å². The maximum absolute atomic E-state index is 8.48. The van der Waals surface area contributed by atoms with Crippen LogP contribution in [0.2, 0.25) is 0 Å². The molecule has 0 saturated heterocycles. The second kappa shape index (κ2) is 7.12. The molecule has 1 rings (SSSR count). The van der Waals surface area contributed by atoms with Gasteiger partial charge in [0.15, 0.2) is 6.19 Å². The van der Waals surface area contributed by atoms with E-state index in [1.165, 1.54) is 0 Å². The van der Waals surface area contributed by atoms with Gasteiger partial charge in [-0.25, -0.2) is 4.98 Å². The zero-order chi connectivity index (χ0) is 13.4. The molecule has 0 atom stereocenters. The monoisotopic (exact) mass is 246 g/mol. The highest BCUT2D eigenvalue weighted by Gasteiger charge is 2.01. The van der Waals surface area contributed by atoms with Crippen LogP contribution >= 0.6 is 0 Å². The molecule has 0 aliphatic rings. The topological polar surface area (TPSA) is 76.3 Å². The van der Waals surface area contributed by atoms with E-state index in [9.17, 15) is 0 Å². The minimum Gasteiger partial charge on any atom is -0.359 e. The molecule has 0 bridgehead atoms. The van der Waals surface area contributed by atoms with Crippen LogP contribution in [0.5, 0.6) is 0 Å². The average molecular weight is 246 g/mol. The number of hydrogen-bond acceptors (Lipinski definition) is 4. The first-order valence-corrected chi connectivity index (χ1v) is 5.68. The molecule has 0 aliphatic carbocycles. The number of nitriles is 1. The van der Waals surface area contributed by atoms with Crippen molar-refractivity contribution in [3.8, 4) is 6.19 Å². The van der Waals surface area contributed by atoms with Crippen LogP contribution in [0.3, 0.4) is 0 Å². The molecule has 0 radical (unpaired) electrons. The molecule has 18 heavy (non-hydrogen) atoms. The second-order valence-electron chi connectivity index (χ2n) is 3.83. The Morgan fingerprint density at radius 1 is 1.56 bits per heavy atom. The molecular formula is C12H18N6. The lowest BCUT2D eigenvalue weighted by molar-refractivity contribution is 0.856. The SMILES string of the molecule is CNC(=NCCN(C)c1ccc(C)cn1)NC#N. The van der Waals surface area contributed by atoms with Gasteiger partial charge in [0.2, 0.25) is 5.96 Å². The molecule has 0 aromatic carbocycles. The maximum Gasteiger partial charge on any atom is 0.204 e. The number of aryl methyl sites for hydroxylation is 1. The summed E-state index contributed by atoms with van der Waals surface area (Å²) in [5.74, 6) is 1.39. The van der Waals surface area contributed by atoms with Crippen LogP contribution < -0.4 is 15.5 Å². The number of nitrogens with zero attached hydrogens (tertiary/aromatic N) is 4. The van der Waals surface area contributed by atoms with Gasteiger partial charge >= 0.3 is 0 Å². The highest BCUT2D eigenvalue weighted by molar-refractivity contribution is 5.80. The van der Waals surface area contributed by atoms with E-state index in [4.69, 9.17) is 5.26 Å².